The number of nitrogens with one attached hydrogen (secondary N) is 2. The van der Waals surface area contributed by atoms with Crippen LogP contribution in [-0.4, -0.2) is 44.3 Å². The van der Waals surface area contributed by atoms with E-state index in [2.05, 4.69) is 48.1 Å². The molecular weight excluding hydrogens is 302 g/mol. The molecule has 0 aromatic carbocycles. The van der Waals surface area contributed by atoms with Gasteiger partial charge in [0, 0.05) is 29.9 Å². The number of carbonyl (C=O) groups excluding carboxylic acids is 1. The summed E-state index contributed by atoms with van der Waals surface area (Å²) in [6, 6.07) is 1.89. The molecule has 1 fully saturated rings. The van der Waals surface area contributed by atoms with Crippen LogP contribution in [0.4, 0.5) is 0 Å². The number of piperidine rings is 1. The molecule has 1 atom stereocenters. The lowest BCUT2D eigenvalue weighted by molar-refractivity contribution is 0.0666. The molecule has 2 aromatic heterocycles. The predicted octanol–water partition coefficient (Wildman–Crippen LogP) is 2.83. The topological polar surface area (TPSA) is 77.7 Å². The zero-order valence-corrected chi connectivity index (χ0v) is 15.0. The number of carbonyl (C=O) groups is 1. The number of aromatic amines is 2. The fourth-order valence-electron chi connectivity index (χ4n) is 3.26. The standard InChI is InChI=1S/C18H27N5O/c1-12-10-19-20-14(12)8-13-6-5-7-23(11-13)17(24)15-9-16(22-21-15)18(2,3)4/h9-10,13H,5-8,11H2,1-4H3,(H,19,20)(H,21,22)/t13-/m0/s1. The molecule has 0 unspecified atom stereocenters. The van der Waals surface area contributed by atoms with E-state index < -0.39 is 0 Å². The maximum atomic E-state index is 12.8. The van der Waals surface area contributed by atoms with Crippen molar-refractivity contribution in [3.63, 3.8) is 0 Å². The Morgan fingerprint density at radius 3 is 2.79 bits per heavy atom. The summed E-state index contributed by atoms with van der Waals surface area (Å²) in [5.41, 5.74) is 3.86. The monoisotopic (exact) mass is 329 g/mol. The highest BCUT2D eigenvalue weighted by Crippen LogP contribution is 2.24. The lowest BCUT2D eigenvalue weighted by atomic mass is 9.91. The third-order valence-corrected chi connectivity index (χ3v) is 4.84. The maximum Gasteiger partial charge on any atom is 0.274 e. The summed E-state index contributed by atoms with van der Waals surface area (Å²) in [6.07, 6.45) is 5.00. The summed E-state index contributed by atoms with van der Waals surface area (Å²) in [5.74, 6) is 0.510. The van der Waals surface area contributed by atoms with Crippen LogP contribution in [0.3, 0.4) is 0 Å². The van der Waals surface area contributed by atoms with Gasteiger partial charge in [-0.2, -0.15) is 10.2 Å². The molecule has 0 aliphatic carbocycles. The van der Waals surface area contributed by atoms with E-state index in [-0.39, 0.29) is 11.3 Å². The van der Waals surface area contributed by atoms with Gasteiger partial charge in [-0.25, -0.2) is 0 Å². The smallest absolute Gasteiger partial charge is 0.274 e. The molecule has 3 rings (SSSR count). The minimum atomic E-state index is -0.0336. The van der Waals surface area contributed by atoms with Crippen LogP contribution >= 0.6 is 0 Å². The summed E-state index contributed by atoms with van der Waals surface area (Å²) in [6.45, 7) is 10.0. The van der Waals surface area contributed by atoms with Gasteiger partial charge in [-0.3, -0.25) is 15.0 Å². The molecule has 1 aliphatic heterocycles. The molecule has 130 valence electrons. The van der Waals surface area contributed by atoms with Crippen LogP contribution in [-0.2, 0) is 11.8 Å². The number of hydrogen-bond donors (Lipinski definition) is 2. The van der Waals surface area contributed by atoms with Gasteiger partial charge in [0.2, 0.25) is 0 Å². The number of likely N-dealkylation sites (tertiary alicyclic amines) is 1. The Bertz CT molecular complexity index is 709. The van der Waals surface area contributed by atoms with Gasteiger partial charge in [-0.05, 0) is 43.7 Å². The van der Waals surface area contributed by atoms with Crippen LogP contribution in [0, 0.1) is 12.8 Å². The normalized spacial score (nSPS) is 18.8. The Hall–Kier alpha value is -2.11. The van der Waals surface area contributed by atoms with E-state index in [1.165, 1.54) is 11.3 Å². The average molecular weight is 329 g/mol. The SMILES string of the molecule is Cc1cn[nH]c1C[C@@H]1CCCN(C(=O)c2cc(C(C)(C)C)[nH]n2)C1. The second-order valence-corrected chi connectivity index (χ2v) is 7.91. The van der Waals surface area contributed by atoms with Gasteiger partial charge in [0.05, 0.1) is 6.20 Å². The Morgan fingerprint density at radius 2 is 2.17 bits per heavy atom. The molecule has 1 amide bonds. The van der Waals surface area contributed by atoms with Crippen molar-refractivity contribution in [2.24, 2.45) is 5.92 Å². The van der Waals surface area contributed by atoms with E-state index in [1.54, 1.807) is 0 Å². The van der Waals surface area contributed by atoms with E-state index in [9.17, 15) is 4.79 Å². The van der Waals surface area contributed by atoms with Gasteiger partial charge >= 0.3 is 0 Å². The number of H-pyrrole nitrogens is 2. The van der Waals surface area contributed by atoms with Gasteiger partial charge in [-0.1, -0.05) is 20.8 Å². The summed E-state index contributed by atoms with van der Waals surface area (Å²) in [4.78, 5) is 14.7. The fourth-order valence-corrected chi connectivity index (χ4v) is 3.26. The number of rotatable bonds is 3. The molecule has 0 saturated carbocycles. The molecule has 2 N–H and O–H groups in total. The Balaban J connectivity index is 1.67. The van der Waals surface area contributed by atoms with E-state index in [0.717, 1.165) is 38.0 Å². The van der Waals surface area contributed by atoms with Crippen LogP contribution in [0.1, 0.15) is 61.1 Å². The largest absolute Gasteiger partial charge is 0.337 e. The van der Waals surface area contributed by atoms with E-state index in [1.807, 2.05) is 17.2 Å². The lowest BCUT2D eigenvalue weighted by Gasteiger charge is -2.32. The maximum absolute atomic E-state index is 12.8. The first-order valence-corrected chi connectivity index (χ1v) is 8.68. The van der Waals surface area contributed by atoms with Crippen LogP contribution in [0.25, 0.3) is 0 Å². The van der Waals surface area contributed by atoms with Crippen LogP contribution in [0.2, 0.25) is 0 Å². The molecule has 6 nitrogen and oxygen atoms in total. The van der Waals surface area contributed by atoms with Crippen LogP contribution in [0.15, 0.2) is 12.3 Å². The Morgan fingerprint density at radius 1 is 1.38 bits per heavy atom. The molecule has 6 heteroatoms. The van der Waals surface area contributed by atoms with Crippen molar-refractivity contribution in [3.8, 4) is 0 Å². The van der Waals surface area contributed by atoms with Gasteiger partial charge in [-0.15, -0.1) is 0 Å². The molecule has 0 bridgehead atoms. The van der Waals surface area contributed by atoms with Crippen molar-refractivity contribution < 1.29 is 4.79 Å². The molecule has 2 aromatic rings. The van der Waals surface area contributed by atoms with Crippen molar-refractivity contribution in [1.82, 2.24) is 25.3 Å². The highest BCUT2D eigenvalue weighted by molar-refractivity contribution is 5.92. The van der Waals surface area contributed by atoms with E-state index in [0.29, 0.717) is 11.6 Å². The summed E-state index contributed by atoms with van der Waals surface area (Å²) < 4.78 is 0. The molecule has 1 saturated heterocycles. The summed E-state index contributed by atoms with van der Waals surface area (Å²) in [5, 5.41) is 14.4. The molecule has 3 heterocycles. The second-order valence-electron chi connectivity index (χ2n) is 7.91. The molecule has 0 spiro atoms. The van der Waals surface area contributed by atoms with Gasteiger partial charge in [0.15, 0.2) is 0 Å². The van der Waals surface area contributed by atoms with Gasteiger partial charge in [0.25, 0.3) is 5.91 Å². The molecular formula is C18H27N5O. The zero-order chi connectivity index (χ0) is 17.3. The van der Waals surface area contributed by atoms with E-state index in [4.69, 9.17) is 0 Å². The lowest BCUT2D eigenvalue weighted by Crippen LogP contribution is -2.40. The first kappa shape index (κ1) is 16.7. The number of aromatic nitrogens is 4. The van der Waals surface area contributed by atoms with E-state index >= 15 is 0 Å². The van der Waals surface area contributed by atoms with Crippen molar-refractivity contribution in [3.05, 3.63) is 34.9 Å². The molecule has 24 heavy (non-hydrogen) atoms. The Labute approximate surface area is 143 Å². The van der Waals surface area contributed by atoms with Gasteiger partial charge in [0.1, 0.15) is 5.69 Å². The third kappa shape index (κ3) is 3.52. The summed E-state index contributed by atoms with van der Waals surface area (Å²) >= 11 is 0. The first-order valence-electron chi connectivity index (χ1n) is 8.68. The van der Waals surface area contributed by atoms with Crippen LogP contribution < -0.4 is 0 Å². The minimum absolute atomic E-state index is 0.0336. The van der Waals surface area contributed by atoms with Crippen molar-refractivity contribution in [1.29, 1.82) is 0 Å². The first-order chi connectivity index (χ1) is 11.3. The second kappa shape index (κ2) is 6.42. The number of hydrogen-bond acceptors (Lipinski definition) is 3. The quantitative estimate of drug-likeness (QED) is 0.909. The fraction of sp³-hybridized carbons (Fsp3) is 0.611. The van der Waals surface area contributed by atoms with Gasteiger partial charge < -0.3 is 4.90 Å². The van der Waals surface area contributed by atoms with Crippen LogP contribution in [0.5, 0.6) is 0 Å². The number of amides is 1. The molecule has 1 aliphatic rings. The number of nitrogens with zero attached hydrogens (tertiary/aromatic N) is 3. The minimum Gasteiger partial charge on any atom is -0.337 e. The number of aryl methyl sites for hydroxylation is 1. The van der Waals surface area contributed by atoms with Crippen molar-refractivity contribution in [2.75, 3.05) is 13.1 Å². The van der Waals surface area contributed by atoms with Crippen molar-refractivity contribution >= 4 is 5.91 Å². The highest BCUT2D eigenvalue weighted by Gasteiger charge is 2.27. The zero-order valence-electron chi connectivity index (χ0n) is 15.0. The molecule has 0 radical (unpaired) electrons. The average Bonchev–Trinajstić information content (AvgIpc) is 3.16. The Kier molecular flexibility index (Phi) is 4.47. The van der Waals surface area contributed by atoms with Crippen molar-refractivity contribution in [2.45, 2.75) is 52.4 Å². The predicted molar refractivity (Wildman–Crippen MR) is 92.9 cm³/mol. The third-order valence-electron chi connectivity index (χ3n) is 4.84. The highest BCUT2D eigenvalue weighted by atomic mass is 16.2. The summed E-state index contributed by atoms with van der Waals surface area (Å²) in [7, 11) is 0.